The van der Waals surface area contributed by atoms with E-state index in [2.05, 4.69) is 12.2 Å². The lowest BCUT2D eigenvalue weighted by atomic mass is 9.63. The number of alkyl halides is 2. The van der Waals surface area contributed by atoms with Crippen molar-refractivity contribution < 1.29 is 13.6 Å². The monoisotopic (exact) mass is 408 g/mol. The molecule has 2 bridgehead atoms. The number of aromatic nitrogens is 1. The Morgan fingerprint density at radius 1 is 1.10 bits per heavy atom. The molecule has 1 amide bonds. The SMILES string of the molecule is CCC12CCC(NC(=O)c3cccc4ccn(Cc5ccc(C(F)F)cc5)c34)(C1)C2. The van der Waals surface area contributed by atoms with Crippen LogP contribution in [0.2, 0.25) is 0 Å². The predicted molar refractivity (Wildman–Crippen MR) is 114 cm³/mol. The molecule has 3 aliphatic rings. The zero-order valence-corrected chi connectivity index (χ0v) is 17.1. The molecule has 0 radical (unpaired) electrons. The third-order valence-corrected chi connectivity index (χ3v) is 7.31. The normalized spacial score (nSPS) is 24.9. The van der Waals surface area contributed by atoms with Crippen molar-refractivity contribution in [1.29, 1.82) is 0 Å². The van der Waals surface area contributed by atoms with Gasteiger partial charge in [-0.05, 0) is 48.8 Å². The molecule has 5 heteroatoms. The van der Waals surface area contributed by atoms with Crippen LogP contribution in [0.25, 0.3) is 10.9 Å². The quantitative estimate of drug-likeness (QED) is 0.527. The van der Waals surface area contributed by atoms with Crippen LogP contribution in [0.3, 0.4) is 0 Å². The van der Waals surface area contributed by atoms with Crippen LogP contribution in [-0.4, -0.2) is 16.0 Å². The maximum absolute atomic E-state index is 13.3. The summed E-state index contributed by atoms with van der Waals surface area (Å²) >= 11 is 0. The molecule has 156 valence electrons. The molecule has 30 heavy (non-hydrogen) atoms. The Morgan fingerprint density at radius 3 is 2.53 bits per heavy atom. The molecule has 0 aliphatic heterocycles. The summed E-state index contributed by atoms with van der Waals surface area (Å²) in [5, 5.41) is 4.36. The van der Waals surface area contributed by atoms with Gasteiger partial charge in [0, 0.05) is 29.2 Å². The van der Waals surface area contributed by atoms with Crippen LogP contribution < -0.4 is 5.32 Å². The molecule has 0 atom stereocenters. The number of carbonyl (C=O) groups is 1. The third kappa shape index (κ3) is 3.11. The second kappa shape index (κ2) is 6.93. The lowest BCUT2D eigenvalue weighted by molar-refractivity contribution is 0.0622. The zero-order chi connectivity index (χ0) is 20.9. The van der Waals surface area contributed by atoms with Gasteiger partial charge in [0.05, 0.1) is 11.1 Å². The number of nitrogens with one attached hydrogen (secondary N) is 1. The highest BCUT2D eigenvalue weighted by Crippen LogP contribution is 2.63. The topological polar surface area (TPSA) is 34.0 Å². The number of fused-ring (bicyclic) bond motifs is 2. The van der Waals surface area contributed by atoms with E-state index in [9.17, 15) is 13.6 Å². The Kier molecular flexibility index (Phi) is 4.46. The summed E-state index contributed by atoms with van der Waals surface area (Å²) in [6, 6.07) is 14.2. The molecule has 3 fully saturated rings. The van der Waals surface area contributed by atoms with E-state index in [4.69, 9.17) is 0 Å². The highest BCUT2D eigenvalue weighted by Gasteiger charge is 2.60. The number of halogens is 2. The molecule has 2 aromatic carbocycles. The average molecular weight is 408 g/mol. The van der Waals surface area contributed by atoms with E-state index >= 15 is 0 Å². The molecule has 3 aliphatic carbocycles. The van der Waals surface area contributed by atoms with Crippen molar-refractivity contribution in [1.82, 2.24) is 9.88 Å². The molecule has 3 nitrogen and oxygen atoms in total. The Bertz CT molecular complexity index is 1090. The van der Waals surface area contributed by atoms with Gasteiger partial charge in [0.2, 0.25) is 0 Å². The van der Waals surface area contributed by atoms with Crippen LogP contribution in [0.1, 0.15) is 66.9 Å². The number of rotatable bonds is 6. The standard InChI is InChI=1S/C25H26F2N2O/c1-2-24-11-12-25(15-24,16-24)28-23(30)20-5-3-4-18-10-13-29(21(18)20)14-17-6-8-19(9-7-17)22(26)27/h3-10,13,22H,2,11-12,14-16H2,1H3,(H,28,30). The third-order valence-electron chi connectivity index (χ3n) is 7.31. The Labute approximate surface area is 175 Å². The van der Waals surface area contributed by atoms with Gasteiger partial charge in [-0.2, -0.15) is 0 Å². The van der Waals surface area contributed by atoms with Crippen molar-refractivity contribution in [3.8, 4) is 0 Å². The smallest absolute Gasteiger partial charge is 0.263 e. The Hall–Kier alpha value is -2.69. The first-order valence-corrected chi connectivity index (χ1v) is 10.7. The molecular weight excluding hydrogens is 382 g/mol. The maximum atomic E-state index is 13.3. The van der Waals surface area contributed by atoms with Crippen LogP contribution in [0.4, 0.5) is 8.78 Å². The van der Waals surface area contributed by atoms with Gasteiger partial charge in [-0.15, -0.1) is 0 Å². The highest BCUT2D eigenvalue weighted by atomic mass is 19.3. The van der Waals surface area contributed by atoms with Crippen molar-refractivity contribution in [2.75, 3.05) is 0 Å². The lowest BCUT2D eigenvalue weighted by Crippen LogP contribution is -2.55. The van der Waals surface area contributed by atoms with Gasteiger partial charge in [-0.25, -0.2) is 8.78 Å². The average Bonchev–Trinajstić information content (AvgIpc) is 3.40. The fourth-order valence-corrected chi connectivity index (χ4v) is 5.67. The number of nitrogens with zero attached hydrogens (tertiary/aromatic N) is 1. The molecular formula is C25H26F2N2O. The van der Waals surface area contributed by atoms with Gasteiger partial charge in [-0.3, -0.25) is 4.79 Å². The van der Waals surface area contributed by atoms with Gasteiger partial charge >= 0.3 is 0 Å². The van der Waals surface area contributed by atoms with Crippen molar-refractivity contribution in [3.63, 3.8) is 0 Å². The van der Waals surface area contributed by atoms with Crippen LogP contribution in [0.5, 0.6) is 0 Å². The summed E-state index contributed by atoms with van der Waals surface area (Å²) < 4.78 is 27.7. The molecule has 6 rings (SSSR count). The van der Waals surface area contributed by atoms with E-state index in [1.54, 1.807) is 12.1 Å². The summed E-state index contributed by atoms with van der Waals surface area (Å²) in [5.41, 5.74) is 2.94. The van der Waals surface area contributed by atoms with Gasteiger partial charge in [-0.1, -0.05) is 49.7 Å². The molecule has 1 aromatic heterocycles. The minimum absolute atomic E-state index is 0.0137. The number of benzene rings is 2. The van der Waals surface area contributed by atoms with Crippen LogP contribution in [0, 0.1) is 5.41 Å². The molecule has 1 N–H and O–H groups in total. The number of hydrogen-bond donors (Lipinski definition) is 1. The zero-order valence-electron chi connectivity index (χ0n) is 17.1. The fraction of sp³-hybridized carbons (Fsp3) is 0.400. The number of hydrogen-bond acceptors (Lipinski definition) is 1. The number of para-hydroxylation sites is 1. The molecule has 0 saturated heterocycles. The van der Waals surface area contributed by atoms with E-state index in [1.807, 2.05) is 35.0 Å². The van der Waals surface area contributed by atoms with Crippen molar-refractivity contribution in [2.45, 2.75) is 57.5 Å². The van der Waals surface area contributed by atoms with Crippen molar-refractivity contribution in [3.05, 3.63) is 71.4 Å². The summed E-state index contributed by atoms with van der Waals surface area (Å²) in [4.78, 5) is 13.3. The van der Waals surface area contributed by atoms with Crippen LogP contribution in [-0.2, 0) is 6.54 Å². The highest BCUT2D eigenvalue weighted by molar-refractivity contribution is 6.06. The van der Waals surface area contributed by atoms with Crippen molar-refractivity contribution >= 4 is 16.8 Å². The summed E-state index contributed by atoms with van der Waals surface area (Å²) in [7, 11) is 0. The first-order chi connectivity index (χ1) is 14.4. The summed E-state index contributed by atoms with van der Waals surface area (Å²) in [6.07, 6.45) is 5.15. The van der Waals surface area contributed by atoms with E-state index in [0.29, 0.717) is 17.5 Å². The van der Waals surface area contributed by atoms with Crippen LogP contribution in [0.15, 0.2) is 54.7 Å². The second-order valence-electron chi connectivity index (χ2n) is 9.17. The summed E-state index contributed by atoms with van der Waals surface area (Å²) in [6.45, 7) is 2.78. The van der Waals surface area contributed by atoms with E-state index in [0.717, 1.165) is 35.7 Å². The second-order valence-corrected chi connectivity index (χ2v) is 9.17. The van der Waals surface area contributed by atoms with Gasteiger partial charge in [0.1, 0.15) is 0 Å². The van der Waals surface area contributed by atoms with Gasteiger partial charge in [0.15, 0.2) is 0 Å². The van der Waals surface area contributed by atoms with E-state index in [-0.39, 0.29) is 17.0 Å². The minimum atomic E-state index is -2.46. The van der Waals surface area contributed by atoms with E-state index in [1.165, 1.54) is 25.0 Å². The molecule has 0 unspecified atom stereocenters. The first kappa shape index (κ1) is 19.3. The Balaban J connectivity index is 1.41. The number of carbonyl (C=O) groups excluding carboxylic acids is 1. The summed E-state index contributed by atoms with van der Waals surface area (Å²) in [5.74, 6) is -0.0137. The predicted octanol–water partition coefficient (Wildman–Crippen LogP) is 6.08. The molecule has 0 spiro atoms. The molecule has 3 saturated carbocycles. The molecule has 3 aromatic rings. The molecule has 1 heterocycles. The number of amides is 1. The van der Waals surface area contributed by atoms with Gasteiger partial charge in [0.25, 0.3) is 12.3 Å². The van der Waals surface area contributed by atoms with Gasteiger partial charge < -0.3 is 9.88 Å². The van der Waals surface area contributed by atoms with Crippen LogP contribution >= 0.6 is 0 Å². The van der Waals surface area contributed by atoms with E-state index < -0.39 is 6.43 Å². The van der Waals surface area contributed by atoms with Crippen molar-refractivity contribution in [2.24, 2.45) is 5.41 Å². The largest absolute Gasteiger partial charge is 0.346 e. The first-order valence-electron chi connectivity index (χ1n) is 10.7. The maximum Gasteiger partial charge on any atom is 0.263 e. The minimum Gasteiger partial charge on any atom is -0.346 e. The Morgan fingerprint density at radius 2 is 1.87 bits per heavy atom. The lowest BCUT2D eigenvalue weighted by Gasteiger charge is -2.47. The fourth-order valence-electron chi connectivity index (χ4n) is 5.67.